The minimum absolute atomic E-state index is 0.559. The number of aromatic nitrogens is 7. The van der Waals surface area contributed by atoms with Crippen LogP contribution in [-0.2, 0) is 7.05 Å². The van der Waals surface area contributed by atoms with E-state index < -0.39 is 0 Å². The molecule has 0 unspecified atom stereocenters. The summed E-state index contributed by atoms with van der Waals surface area (Å²) in [7, 11) is 1.88. The van der Waals surface area contributed by atoms with Crippen molar-refractivity contribution >= 4 is 34.1 Å². The minimum Gasteiger partial charge on any atom is -0.383 e. The Balaban J connectivity index is 1.54. The maximum absolute atomic E-state index is 5.91. The van der Waals surface area contributed by atoms with Crippen molar-refractivity contribution in [3.63, 3.8) is 0 Å². The van der Waals surface area contributed by atoms with Gasteiger partial charge in [0.25, 0.3) is 0 Å². The highest BCUT2D eigenvalue weighted by molar-refractivity contribution is 7.99. The molecule has 4 aromatic heterocycles. The molecule has 0 amide bonds. The van der Waals surface area contributed by atoms with Crippen LogP contribution in [0.1, 0.15) is 5.56 Å². The molecule has 0 bridgehead atoms. The van der Waals surface area contributed by atoms with Crippen LogP contribution in [-0.4, -0.2) is 34.6 Å². The Bertz CT molecular complexity index is 1340. The number of rotatable bonds is 3. The Kier molecular flexibility index (Phi) is 3.76. The van der Waals surface area contributed by atoms with Crippen LogP contribution in [0, 0.1) is 6.92 Å². The molecule has 28 heavy (non-hydrogen) atoms. The van der Waals surface area contributed by atoms with E-state index in [1.807, 2.05) is 50.5 Å². The zero-order valence-corrected chi connectivity index (χ0v) is 16.1. The second kappa shape index (κ2) is 6.31. The highest BCUT2D eigenvalue weighted by atomic mass is 32.2. The molecule has 5 aromatic rings. The van der Waals surface area contributed by atoms with E-state index in [1.54, 1.807) is 15.4 Å². The first kappa shape index (κ1) is 16.7. The van der Waals surface area contributed by atoms with Crippen molar-refractivity contribution in [1.29, 1.82) is 0 Å². The standard InChI is InChI=1S/C19H16N8S/c1-11-7-12-8-14(3-4-15(12)22-18(11)20)28-19-24-23-17-6-5-16(25-27(17)19)13-9-21-26(2)10-13/h3-10H,1-2H3,(H2,20,22). The zero-order chi connectivity index (χ0) is 19.3. The van der Waals surface area contributed by atoms with E-state index in [0.717, 1.165) is 32.6 Å². The van der Waals surface area contributed by atoms with E-state index in [4.69, 9.17) is 10.8 Å². The van der Waals surface area contributed by atoms with E-state index in [9.17, 15) is 0 Å². The molecule has 138 valence electrons. The maximum atomic E-state index is 5.91. The van der Waals surface area contributed by atoms with Gasteiger partial charge >= 0.3 is 0 Å². The lowest BCUT2D eigenvalue weighted by Crippen LogP contribution is -1.96. The summed E-state index contributed by atoms with van der Waals surface area (Å²) >= 11 is 1.50. The van der Waals surface area contributed by atoms with Gasteiger partial charge in [-0.05, 0) is 60.6 Å². The molecule has 8 nitrogen and oxygen atoms in total. The molecule has 0 aliphatic heterocycles. The van der Waals surface area contributed by atoms with Gasteiger partial charge in [0.05, 0.1) is 17.4 Å². The average Bonchev–Trinajstić information content (AvgIpc) is 3.29. The van der Waals surface area contributed by atoms with Crippen molar-refractivity contribution in [3.8, 4) is 11.3 Å². The summed E-state index contributed by atoms with van der Waals surface area (Å²) in [6.45, 7) is 1.96. The normalized spacial score (nSPS) is 11.5. The number of nitrogens with zero attached hydrogens (tertiary/aromatic N) is 7. The third-order valence-corrected chi connectivity index (χ3v) is 5.39. The third-order valence-electron chi connectivity index (χ3n) is 4.46. The van der Waals surface area contributed by atoms with Crippen molar-refractivity contribution in [3.05, 3.63) is 54.4 Å². The van der Waals surface area contributed by atoms with Gasteiger partial charge in [-0.2, -0.15) is 14.7 Å². The Morgan fingerprint density at radius 3 is 2.79 bits per heavy atom. The van der Waals surface area contributed by atoms with Crippen LogP contribution in [0.4, 0.5) is 5.82 Å². The summed E-state index contributed by atoms with van der Waals surface area (Å²) in [5.41, 5.74) is 10.2. The molecule has 0 saturated heterocycles. The molecule has 0 atom stereocenters. The van der Waals surface area contributed by atoms with Crippen LogP contribution in [0.2, 0.25) is 0 Å². The van der Waals surface area contributed by atoms with Crippen molar-refractivity contribution in [2.75, 3.05) is 5.73 Å². The number of benzene rings is 1. The van der Waals surface area contributed by atoms with Gasteiger partial charge in [-0.25, -0.2) is 4.98 Å². The van der Waals surface area contributed by atoms with Gasteiger partial charge in [0, 0.05) is 29.1 Å². The first-order valence-corrected chi connectivity index (χ1v) is 9.45. The van der Waals surface area contributed by atoms with Gasteiger partial charge in [-0.1, -0.05) is 0 Å². The van der Waals surface area contributed by atoms with Crippen LogP contribution in [0.15, 0.2) is 58.8 Å². The monoisotopic (exact) mass is 388 g/mol. The number of aryl methyl sites for hydroxylation is 2. The first-order chi connectivity index (χ1) is 13.6. The van der Waals surface area contributed by atoms with E-state index >= 15 is 0 Å². The molecule has 1 aromatic carbocycles. The summed E-state index contributed by atoms with van der Waals surface area (Å²) in [5.74, 6) is 0.559. The number of fused-ring (bicyclic) bond motifs is 2. The summed E-state index contributed by atoms with van der Waals surface area (Å²) in [6.07, 6.45) is 3.71. The smallest absolute Gasteiger partial charge is 0.217 e. The topological polar surface area (TPSA) is 99.8 Å². The molecular formula is C19H16N8S. The highest BCUT2D eigenvalue weighted by Crippen LogP contribution is 2.30. The maximum Gasteiger partial charge on any atom is 0.217 e. The van der Waals surface area contributed by atoms with E-state index in [1.165, 1.54) is 11.8 Å². The lowest BCUT2D eigenvalue weighted by molar-refractivity contribution is 0.767. The Hall–Kier alpha value is -3.46. The largest absolute Gasteiger partial charge is 0.383 e. The second-order valence-corrected chi connectivity index (χ2v) is 7.56. The fourth-order valence-corrected chi connectivity index (χ4v) is 3.82. The molecule has 0 aliphatic rings. The summed E-state index contributed by atoms with van der Waals surface area (Å²) in [4.78, 5) is 5.45. The quantitative estimate of drug-likeness (QED) is 0.507. The Morgan fingerprint density at radius 1 is 1.07 bits per heavy atom. The average molecular weight is 388 g/mol. The van der Waals surface area contributed by atoms with Gasteiger partial charge in [0.2, 0.25) is 5.16 Å². The fraction of sp³-hybridized carbons (Fsp3) is 0.105. The van der Waals surface area contributed by atoms with Gasteiger partial charge in [0.15, 0.2) is 5.65 Å². The fourth-order valence-electron chi connectivity index (χ4n) is 2.98. The van der Waals surface area contributed by atoms with Gasteiger partial charge in [0.1, 0.15) is 5.82 Å². The third kappa shape index (κ3) is 2.85. The number of pyridine rings is 1. The molecule has 2 N–H and O–H groups in total. The Labute approximate surface area is 164 Å². The van der Waals surface area contributed by atoms with Crippen molar-refractivity contribution in [2.45, 2.75) is 17.0 Å². The zero-order valence-electron chi connectivity index (χ0n) is 15.2. The minimum atomic E-state index is 0.559. The van der Waals surface area contributed by atoms with Crippen LogP contribution in [0.5, 0.6) is 0 Å². The first-order valence-electron chi connectivity index (χ1n) is 8.63. The molecule has 9 heteroatoms. The van der Waals surface area contributed by atoms with Gasteiger partial charge in [-0.15, -0.1) is 10.2 Å². The molecule has 0 fully saturated rings. The lowest BCUT2D eigenvalue weighted by Gasteiger charge is -2.05. The number of anilines is 1. The number of hydrogen-bond acceptors (Lipinski definition) is 7. The summed E-state index contributed by atoms with van der Waals surface area (Å²) in [5, 5.41) is 19.2. The molecular weight excluding hydrogens is 372 g/mol. The molecule has 5 rings (SSSR count). The van der Waals surface area contributed by atoms with Crippen molar-refractivity contribution in [1.82, 2.24) is 34.6 Å². The van der Waals surface area contributed by atoms with Gasteiger partial charge in [-0.3, -0.25) is 4.68 Å². The van der Waals surface area contributed by atoms with Crippen molar-refractivity contribution < 1.29 is 0 Å². The number of nitrogen functional groups attached to an aromatic ring is 1. The second-order valence-electron chi connectivity index (χ2n) is 6.52. The van der Waals surface area contributed by atoms with E-state index in [0.29, 0.717) is 16.6 Å². The predicted molar refractivity (Wildman–Crippen MR) is 108 cm³/mol. The number of hydrogen-bond donors (Lipinski definition) is 1. The predicted octanol–water partition coefficient (Wildman–Crippen LogP) is 3.11. The summed E-state index contributed by atoms with van der Waals surface area (Å²) in [6, 6.07) is 11.9. The van der Waals surface area contributed by atoms with Crippen molar-refractivity contribution in [2.24, 2.45) is 7.05 Å². The molecule has 0 aliphatic carbocycles. The molecule has 0 radical (unpaired) electrons. The summed E-state index contributed by atoms with van der Waals surface area (Å²) < 4.78 is 3.50. The Morgan fingerprint density at radius 2 is 1.96 bits per heavy atom. The molecule has 0 saturated carbocycles. The molecule has 4 heterocycles. The van der Waals surface area contributed by atoms with Crippen LogP contribution in [0.25, 0.3) is 27.8 Å². The van der Waals surface area contributed by atoms with E-state index in [2.05, 4.69) is 26.3 Å². The van der Waals surface area contributed by atoms with Crippen LogP contribution < -0.4 is 5.73 Å². The van der Waals surface area contributed by atoms with Gasteiger partial charge < -0.3 is 5.73 Å². The number of nitrogens with two attached hydrogens (primary N) is 1. The lowest BCUT2D eigenvalue weighted by atomic mass is 10.1. The SMILES string of the molecule is Cc1cc2cc(Sc3nnc4ccc(-c5cnn(C)c5)nn34)ccc2nc1N. The van der Waals surface area contributed by atoms with Crippen LogP contribution in [0.3, 0.4) is 0 Å². The van der Waals surface area contributed by atoms with E-state index in [-0.39, 0.29) is 0 Å². The highest BCUT2D eigenvalue weighted by Gasteiger charge is 2.12. The van der Waals surface area contributed by atoms with Crippen LogP contribution >= 0.6 is 11.8 Å². The molecule has 0 spiro atoms.